The van der Waals surface area contributed by atoms with E-state index < -0.39 is 12.9 Å². The molecule has 0 aromatic heterocycles. The van der Waals surface area contributed by atoms with Crippen LogP contribution in [-0.4, -0.2) is 30.6 Å². The van der Waals surface area contributed by atoms with Crippen molar-refractivity contribution >= 4 is 18.6 Å². The molecule has 1 saturated heterocycles. The third-order valence-electron chi connectivity index (χ3n) is 7.15. The maximum Gasteiger partial charge on any atom is 0.498 e. The molecule has 5 nitrogen and oxygen atoms in total. The minimum Gasteiger partial charge on any atom is -0.452 e. The lowest BCUT2D eigenvalue weighted by molar-refractivity contribution is -0.199. The third kappa shape index (κ3) is 2.03. The van der Waals surface area contributed by atoms with Crippen LogP contribution < -0.4 is 10.2 Å². The molecular weight excluding hydrogens is 331 g/mol. The number of fused-ring (bicyclic) bond motifs is 1. The largest absolute Gasteiger partial charge is 0.498 e. The number of hydrogen-bond acceptors (Lipinski definition) is 5. The summed E-state index contributed by atoms with van der Waals surface area (Å²) in [5.74, 6) is 0.336. The van der Waals surface area contributed by atoms with Crippen molar-refractivity contribution in [1.29, 1.82) is 0 Å². The quantitative estimate of drug-likeness (QED) is 0.572. The molecule has 6 heteroatoms. The Morgan fingerprint density at radius 2 is 1.85 bits per heavy atom. The van der Waals surface area contributed by atoms with Gasteiger partial charge >= 0.3 is 13.1 Å². The second-order valence-electron chi connectivity index (χ2n) is 9.42. The SMILES string of the molecule is CC1(C)OC(=O)c2cccc(B3OC4CC5CC(C5(C)C)[C@]4(C)O3)c2O1. The zero-order chi connectivity index (χ0) is 18.5. The highest BCUT2D eigenvalue weighted by molar-refractivity contribution is 6.63. The fourth-order valence-corrected chi connectivity index (χ4v) is 5.56. The summed E-state index contributed by atoms with van der Waals surface area (Å²) in [6, 6.07) is 5.48. The normalized spacial score (nSPS) is 38.6. The Labute approximate surface area is 154 Å². The van der Waals surface area contributed by atoms with Gasteiger partial charge in [0.2, 0.25) is 5.79 Å². The van der Waals surface area contributed by atoms with Gasteiger partial charge in [-0.25, -0.2) is 4.79 Å². The van der Waals surface area contributed by atoms with Gasteiger partial charge in [0.1, 0.15) is 11.3 Å². The van der Waals surface area contributed by atoms with Crippen LogP contribution in [0.15, 0.2) is 18.2 Å². The smallest absolute Gasteiger partial charge is 0.452 e. The molecule has 6 rings (SSSR count). The summed E-state index contributed by atoms with van der Waals surface area (Å²) < 4.78 is 24.2. The maximum atomic E-state index is 12.3. The van der Waals surface area contributed by atoms with Crippen molar-refractivity contribution in [2.45, 2.75) is 65.0 Å². The monoisotopic (exact) mass is 356 g/mol. The molecule has 0 radical (unpaired) electrons. The standard InChI is InChI=1S/C20H25BO5/c1-18(2)11-9-14(18)20(5)15(10-11)25-21(26-20)13-8-6-7-12-16(13)23-19(3,4)24-17(12)22/h6-8,11,14-15H,9-10H2,1-5H3/t11?,14?,15?,20-/m0/s1. The number of carbonyl (C=O) groups is 1. The van der Waals surface area contributed by atoms with Crippen LogP contribution in [-0.2, 0) is 14.0 Å². The first-order valence-corrected chi connectivity index (χ1v) is 9.50. The zero-order valence-corrected chi connectivity index (χ0v) is 16.0. The van der Waals surface area contributed by atoms with Crippen molar-refractivity contribution in [3.8, 4) is 5.75 Å². The number of rotatable bonds is 1. The van der Waals surface area contributed by atoms with Crippen LogP contribution in [0.5, 0.6) is 5.75 Å². The van der Waals surface area contributed by atoms with Crippen molar-refractivity contribution in [3.63, 3.8) is 0 Å². The van der Waals surface area contributed by atoms with Crippen LogP contribution in [0.2, 0.25) is 0 Å². The molecule has 1 aromatic rings. The van der Waals surface area contributed by atoms with Crippen LogP contribution >= 0.6 is 0 Å². The van der Waals surface area contributed by atoms with Gasteiger partial charge in [0.05, 0.1) is 11.7 Å². The Balaban J connectivity index is 1.52. The molecule has 0 amide bonds. The predicted molar refractivity (Wildman–Crippen MR) is 96.3 cm³/mol. The molecule has 5 aliphatic rings. The fourth-order valence-electron chi connectivity index (χ4n) is 5.56. The van der Waals surface area contributed by atoms with Crippen molar-refractivity contribution < 1.29 is 23.6 Å². The van der Waals surface area contributed by atoms with Gasteiger partial charge in [0.25, 0.3) is 0 Å². The average Bonchev–Trinajstić information content (AvgIpc) is 2.89. The van der Waals surface area contributed by atoms with Gasteiger partial charge < -0.3 is 18.8 Å². The summed E-state index contributed by atoms with van der Waals surface area (Å²) in [7, 11) is -0.517. The maximum absolute atomic E-state index is 12.3. The van der Waals surface area contributed by atoms with E-state index in [0.717, 1.165) is 11.9 Å². The number of para-hydroxylation sites is 1. The van der Waals surface area contributed by atoms with Gasteiger partial charge in [-0.15, -0.1) is 0 Å². The Kier molecular flexibility index (Phi) is 3.10. The zero-order valence-electron chi connectivity index (χ0n) is 16.0. The molecule has 0 spiro atoms. The molecule has 4 atom stereocenters. The van der Waals surface area contributed by atoms with Crippen molar-refractivity contribution in [3.05, 3.63) is 23.8 Å². The number of hydrogen-bond donors (Lipinski definition) is 0. The van der Waals surface area contributed by atoms with Gasteiger partial charge in [-0.2, -0.15) is 0 Å². The summed E-state index contributed by atoms with van der Waals surface area (Å²) in [5, 5.41) is 0. The van der Waals surface area contributed by atoms with Crippen molar-refractivity contribution in [1.82, 2.24) is 0 Å². The summed E-state index contributed by atoms with van der Waals surface area (Å²) in [4.78, 5) is 12.3. The molecule has 2 aliphatic heterocycles. The summed E-state index contributed by atoms with van der Waals surface area (Å²) in [6.45, 7) is 10.3. The molecule has 2 bridgehead atoms. The Morgan fingerprint density at radius 1 is 1.08 bits per heavy atom. The molecular formula is C20H25BO5. The van der Waals surface area contributed by atoms with Crippen LogP contribution in [0.4, 0.5) is 0 Å². The average molecular weight is 356 g/mol. The van der Waals surface area contributed by atoms with Crippen LogP contribution in [0, 0.1) is 17.3 Å². The van der Waals surface area contributed by atoms with E-state index >= 15 is 0 Å². The predicted octanol–water partition coefficient (Wildman–Crippen LogP) is 2.91. The van der Waals surface area contributed by atoms with E-state index in [-0.39, 0.29) is 17.7 Å². The first-order valence-electron chi connectivity index (χ1n) is 9.50. The van der Waals surface area contributed by atoms with E-state index in [1.54, 1.807) is 19.9 Å². The minimum absolute atomic E-state index is 0.0867. The van der Waals surface area contributed by atoms with Gasteiger partial charge in [0.15, 0.2) is 0 Å². The highest BCUT2D eigenvalue weighted by Gasteiger charge is 2.68. The Hall–Kier alpha value is -1.53. The van der Waals surface area contributed by atoms with E-state index in [1.807, 2.05) is 12.1 Å². The molecule has 3 aliphatic carbocycles. The summed E-state index contributed by atoms with van der Waals surface area (Å²) in [6.07, 6.45) is 2.32. The van der Waals surface area contributed by atoms with Crippen LogP contribution in [0.1, 0.15) is 57.8 Å². The molecule has 3 unspecified atom stereocenters. The number of carbonyl (C=O) groups excluding carboxylic acids is 1. The summed E-state index contributed by atoms with van der Waals surface area (Å²) >= 11 is 0. The minimum atomic E-state index is -1.00. The lowest BCUT2D eigenvalue weighted by Gasteiger charge is -2.64. The number of cyclic esters (lactones) is 1. The molecule has 0 N–H and O–H groups in total. The van der Waals surface area contributed by atoms with E-state index in [9.17, 15) is 4.79 Å². The van der Waals surface area contributed by atoms with Crippen LogP contribution in [0.3, 0.4) is 0 Å². The van der Waals surface area contributed by atoms with Gasteiger partial charge in [0, 0.05) is 19.3 Å². The molecule has 2 heterocycles. The first kappa shape index (κ1) is 16.6. The van der Waals surface area contributed by atoms with Gasteiger partial charge in [-0.3, -0.25) is 0 Å². The molecule has 4 fully saturated rings. The molecule has 1 aromatic carbocycles. The first-order chi connectivity index (χ1) is 12.1. The van der Waals surface area contributed by atoms with E-state index in [0.29, 0.717) is 28.6 Å². The molecule has 26 heavy (non-hydrogen) atoms. The van der Waals surface area contributed by atoms with E-state index in [1.165, 1.54) is 6.42 Å². The van der Waals surface area contributed by atoms with Crippen molar-refractivity contribution in [2.24, 2.45) is 17.3 Å². The third-order valence-corrected chi connectivity index (χ3v) is 7.15. The van der Waals surface area contributed by atoms with Gasteiger partial charge in [-0.1, -0.05) is 26.0 Å². The number of benzene rings is 1. The number of esters is 1. The van der Waals surface area contributed by atoms with Gasteiger partial charge in [-0.05, 0) is 43.1 Å². The van der Waals surface area contributed by atoms with Crippen molar-refractivity contribution in [2.75, 3.05) is 0 Å². The lowest BCUT2D eigenvalue weighted by Crippen LogP contribution is -2.65. The van der Waals surface area contributed by atoms with Crippen LogP contribution in [0.25, 0.3) is 0 Å². The highest BCUT2D eigenvalue weighted by Crippen LogP contribution is 2.65. The fraction of sp³-hybridized carbons (Fsp3) is 0.650. The molecule has 138 valence electrons. The summed E-state index contributed by atoms with van der Waals surface area (Å²) in [5.41, 5.74) is 1.20. The lowest BCUT2D eigenvalue weighted by atomic mass is 9.43. The number of ether oxygens (including phenoxy) is 2. The Bertz CT molecular complexity index is 803. The second-order valence-corrected chi connectivity index (χ2v) is 9.42. The van der Waals surface area contributed by atoms with E-state index in [4.69, 9.17) is 18.8 Å². The van der Waals surface area contributed by atoms with E-state index in [2.05, 4.69) is 20.8 Å². The second kappa shape index (κ2) is 4.84. The Morgan fingerprint density at radius 3 is 2.58 bits per heavy atom. The topological polar surface area (TPSA) is 54.0 Å². The highest BCUT2D eigenvalue weighted by atomic mass is 16.7. The molecule has 3 saturated carbocycles.